The van der Waals surface area contributed by atoms with Crippen LogP contribution in [0.4, 0.5) is 0 Å². The number of sulfonamides is 1. The van der Waals surface area contributed by atoms with Gasteiger partial charge in [-0.3, -0.25) is 0 Å². The summed E-state index contributed by atoms with van der Waals surface area (Å²) in [5, 5.41) is 3.30. The van der Waals surface area contributed by atoms with Crippen molar-refractivity contribution in [1.82, 2.24) is 10.0 Å². The lowest BCUT2D eigenvalue weighted by Gasteiger charge is -2.31. The van der Waals surface area contributed by atoms with Crippen molar-refractivity contribution in [1.29, 1.82) is 0 Å². The monoisotopic (exact) mass is 302 g/mol. The molecule has 118 valence electrons. The summed E-state index contributed by atoms with van der Waals surface area (Å²) in [7, 11) is -3.13. The van der Waals surface area contributed by atoms with E-state index in [0.29, 0.717) is 11.7 Å². The third-order valence-electron chi connectivity index (χ3n) is 4.84. The third kappa shape index (κ3) is 5.01. The van der Waals surface area contributed by atoms with E-state index in [1.165, 1.54) is 32.1 Å². The highest BCUT2D eigenvalue weighted by atomic mass is 32.2. The second-order valence-electron chi connectivity index (χ2n) is 6.52. The Morgan fingerprint density at radius 3 is 2.50 bits per heavy atom. The van der Waals surface area contributed by atoms with Gasteiger partial charge in [-0.1, -0.05) is 26.2 Å². The molecular weight excluding hydrogens is 272 g/mol. The van der Waals surface area contributed by atoms with Crippen LogP contribution in [0.5, 0.6) is 0 Å². The quantitative estimate of drug-likeness (QED) is 0.791. The number of nitrogens with one attached hydrogen (secondary N) is 2. The molecule has 20 heavy (non-hydrogen) atoms. The third-order valence-corrected chi connectivity index (χ3v) is 6.42. The Morgan fingerprint density at radius 1 is 1.15 bits per heavy atom. The molecule has 2 fully saturated rings. The average molecular weight is 302 g/mol. The molecule has 0 aromatic carbocycles. The van der Waals surface area contributed by atoms with Gasteiger partial charge >= 0.3 is 0 Å². The van der Waals surface area contributed by atoms with Crippen molar-refractivity contribution in [3.8, 4) is 0 Å². The van der Waals surface area contributed by atoms with E-state index in [1.807, 2.05) is 0 Å². The Balaban J connectivity index is 1.87. The normalized spacial score (nSPS) is 27.4. The minimum atomic E-state index is -3.13. The first-order chi connectivity index (χ1) is 9.61. The lowest BCUT2D eigenvalue weighted by molar-refractivity contribution is 0.284. The van der Waals surface area contributed by atoms with E-state index >= 15 is 0 Å². The molecule has 1 heterocycles. The molecule has 1 aliphatic carbocycles. The first-order valence-electron chi connectivity index (χ1n) is 8.31. The highest BCUT2D eigenvalue weighted by molar-refractivity contribution is 7.89. The summed E-state index contributed by atoms with van der Waals surface area (Å²) < 4.78 is 27.7. The summed E-state index contributed by atoms with van der Waals surface area (Å²) in [6, 6.07) is 0.150. The van der Waals surface area contributed by atoms with Gasteiger partial charge in [0.1, 0.15) is 0 Å². The number of piperidine rings is 1. The predicted molar refractivity (Wildman–Crippen MR) is 83.2 cm³/mol. The Hall–Kier alpha value is -0.130. The van der Waals surface area contributed by atoms with Crippen LogP contribution in [0, 0.1) is 11.8 Å². The Morgan fingerprint density at radius 2 is 1.90 bits per heavy atom. The maximum atomic E-state index is 12.4. The van der Waals surface area contributed by atoms with Crippen LogP contribution >= 0.6 is 0 Å². The van der Waals surface area contributed by atoms with Crippen LogP contribution in [-0.2, 0) is 10.0 Å². The van der Waals surface area contributed by atoms with Crippen molar-refractivity contribution < 1.29 is 8.42 Å². The summed E-state index contributed by atoms with van der Waals surface area (Å²) in [6.45, 7) is 3.98. The Labute approximate surface area is 124 Å². The van der Waals surface area contributed by atoms with Crippen LogP contribution in [0.25, 0.3) is 0 Å². The van der Waals surface area contributed by atoms with Gasteiger partial charge in [0.2, 0.25) is 10.0 Å². The first-order valence-corrected chi connectivity index (χ1v) is 9.96. The van der Waals surface area contributed by atoms with Crippen LogP contribution in [0.3, 0.4) is 0 Å². The summed E-state index contributed by atoms with van der Waals surface area (Å²) in [5.41, 5.74) is 0. The molecule has 5 heteroatoms. The van der Waals surface area contributed by atoms with Crippen molar-refractivity contribution in [2.75, 3.05) is 18.8 Å². The topological polar surface area (TPSA) is 58.2 Å². The van der Waals surface area contributed by atoms with Crippen molar-refractivity contribution in [2.24, 2.45) is 11.8 Å². The smallest absolute Gasteiger partial charge is 0.212 e. The molecule has 0 radical (unpaired) electrons. The summed E-state index contributed by atoms with van der Waals surface area (Å²) >= 11 is 0. The maximum Gasteiger partial charge on any atom is 0.212 e. The highest BCUT2D eigenvalue weighted by Gasteiger charge is 2.28. The van der Waals surface area contributed by atoms with Crippen molar-refractivity contribution in [3.05, 3.63) is 0 Å². The molecule has 4 nitrogen and oxygen atoms in total. The molecular formula is C15H30N2O2S. The van der Waals surface area contributed by atoms with Crippen LogP contribution in [-0.4, -0.2) is 33.3 Å². The molecule has 1 aliphatic heterocycles. The van der Waals surface area contributed by atoms with Gasteiger partial charge in [-0.2, -0.15) is 0 Å². The lowest BCUT2D eigenvalue weighted by Crippen LogP contribution is -2.44. The zero-order valence-corrected chi connectivity index (χ0v) is 13.6. The molecule has 0 aromatic rings. The summed E-state index contributed by atoms with van der Waals surface area (Å²) in [4.78, 5) is 0. The Kier molecular flexibility index (Phi) is 6.30. The van der Waals surface area contributed by atoms with Crippen LogP contribution in [0.15, 0.2) is 0 Å². The molecule has 0 amide bonds. The van der Waals surface area contributed by atoms with Crippen molar-refractivity contribution in [3.63, 3.8) is 0 Å². The molecule has 0 aromatic heterocycles. The second kappa shape index (κ2) is 7.76. The maximum absolute atomic E-state index is 12.4. The van der Waals surface area contributed by atoms with E-state index in [2.05, 4.69) is 17.0 Å². The Bertz CT molecular complexity index is 371. The summed E-state index contributed by atoms with van der Waals surface area (Å²) in [6.07, 6.45) is 9.25. The predicted octanol–water partition coefficient (Wildman–Crippen LogP) is 2.26. The highest BCUT2D eigenvalue weighted by Crippen LogP contribution is 2.28. The zero-order valence-electron chi connectivity index (χ0n) is 12.7. The largest absolute Gasteiger partial charge is 0.316 e. The van der Waals surface area contributed by atoms with Crippen molar-refractivity contribution >= 4 is 10.0 Å². The van der Waals surface area contributed by atoms with Gasteiger partial charge in [0.25, 0.3) is 0 Å². The number of hydrogen-bond acceptors (Lipinski definition) is 3. The van der Waals surface area contributed by atoms with Gasteiger partial charge in [0.15, 0.2) is 0 Å². The van der Waals surface area contributed by atoms with Crippen LogP contribution in [0.1, 0.15) is 58.3 Å². The fraction of sp³-hybridized carbons (Fsp3) is 1.00. The summed E-state index contributed by atoms with van der Waals surface area (Å²) in [5.74, 6) is 1.13. The molecule has 2 aliphatic rings. The van der Waals surface area contributed by atoms with E-state index in [4.69, 9.17) is 0 Å². The molecule has 2 N–H and O–H groups in total. The fourth-order valence-corrected chi connectivity index (χ4v) is 5.53. The standard InChI is InChI=1S/C15H30N2O2S/c1-2-15(14-8-4-3-5-9-14)17-20(18,19)12-13-7-6-10-16-11-13/h13-17H,2-12H2,1H3. The molecule has 2 rings (SSSR count). The minimum absolute atomic E-state index is 0.150. The van der Waals surface area contributed by atoms with Gasteiger partial charge in [0, 0.05) is 6.04 Å². The van der Waals surface area contributed by atoms with Gasteiger partial charge in [-0.25, -0.2) is 13.1 Å². The van der Waals surface area contributed by atoms with E-state index in [1.54, 1.807) is 0 Å². The molecule has 0 bridgehead atoms. The molecule has 1 saturated carbocycles. The van der Waals surface area contributed by atoms with E-state index < -0.39 is 10.0 Å². The molecule has 2 unspecified atom stereocenters. The van der Waals surface area contributed by atoms with Crippen LogP contribution in [0.2, 0.25) is 0 Å². The number of hydrogen-bond donors (Lipinski definition) is 2. The fourth-order valence-electron chi connectivity index (χ4n) is 3.70. The molecule has 2 atom stereocenters. The number of rotatable bonds is 6. The molecule has 1 saturated heterocycles. The zero-order chi connectivity index (χ0) is 14.4. The average Bonchev–Trinajstić information content (AvgIpc) is 2.46. The van der Waals surface area contributed by atoms with E-state index in [0.717, 1.165) is 32.4 Å². The van der Waals surface area contributed by atoms with Crippen molar-refractivity contribution in [2.45, 2.75) is 64.3 Å². The van der Waals surface area contributed by atoms with E-state index in [9.17, 15) is 8.42 Å². The SMILES string of the molecule is CCC(NS(=O)(=O)CC1CCCNC1)C1CCCCC1. The first kappa shape index (κ1) is 16.2. The van der Waals surface area contributed by atoms with E-state index in [-0.39, 0.29) is 12.0 Å². The lowest BCUT2D eigenvalue weighted by atomic mass is 9.83. The van der Waals surface area contributed by atoms with Gasteiger partial charge in [0.05, 0.1) is 5.75 Å². The minimum Gasteiger partial charge on any atom is -0.316 e. The van der Waals surface area contributed by atoms with Gasteiger partial charge in [-0.05, 0) is 57.0 Å². The van der Waals surface area contributed by atoms with Crippen LogP contribution < -0.4 is 10.0 Å². The van der Waals surface area contributed by atoms with Gasteiger partial charge in [-0.15, -0.1) is 0 Å². The molecule has 0 spiro atoms. The van der Waals surface area contributed by atoms with Gasteiger partial charge < -0.3 is 5.32 Å². The second-order valence-corrected chi connectivity index (χ2v) is 8.32.